The van der Waals surface area contributed by atoms with Gasteiger partial charge >= 0.3 is 11.9 Å². The summed E-state index contributed by atoms with van der Waals surface area (Å²) in [5, 5.41) is 24.5. The van der Waals surface area contributed by atoms with Crippen LogP contribution in [0.3, 0.4) is 0 Å². The van der Waals surface area contributed by atoms with Crippen LogP contribution in [0.4, 0.5) is 0 Å². The van der Waals surface area contributed by atoms with Crippen LogP contribution < -0.4 is 16.4 Å². The van der Waals surface area contributed by atoms with Gasteiger partial charge in [0.2, 0.25) is 0 Å². The van der Waals surface area contributed by atoms with Crippen molar-refractivity contribution in [3.05, 3.63) is 88.3 Å². The number of aliphatic carboxylic acids is 2. The van der Waals surface area contributed by atoms with Gasteiger partial charge in [-0.3, -0.25) is 0 Å². The van der Waals surface area contributed by atoms with Gasteiger partial charge in [-0.2, -0.15) is 0 Å². The van der Waals surface area contributed by atoms with Gasteiger partial charge in [-0.1, -0.05) is 56.3 Å². The van der Waals surface area contributed by atoms with Crippen molar-refractivity contribution in [1.82, 2.24) is 10.6 Å². The van der Waals surface area contributed by atoms with E-state index < -0.39 is 11.9 Å². The SMILES string of the molecule is CC.CNCC(=C\CN\C=C(/C=C(C)/C(=C\N)C(=O)O)C(=O)O)/C=C/c1ccccc1C. The summed E-state index contributed by atoms with van der Waals surface area (Å²) in [5.74, 6) is -2.40. The minimum absolute atomic E-state index is 0.0767. The number of likely N-dealkylation sites (N-methyl/N-ethyl adjacent to an activating group) is 1. The number of rotatable bonds is 11. The minimum atomic E-state index is -1.22. The number of hydrogen-bond donors (Lipinski definition) is 5. The van der Waals surface area contributed by atoms with Crippen LogP contribution in [0, 0.1) is 6.92 Å². The number of benzene rings is 1. The molecular formula is C25H35N3O4. The van der Waals surface area contributed by atoms with Gasteiger partial charge < -0.3 is 26.6 Å². The first-order valence-corrected chi connectivity index (χ1v) is 10.4. The fourth-order valence-corrected chi connectivity index (χ4v) is 2.58. The molecule has 1 aromatic rings. The number of carboxylic acids is 2. The summed E-state index contributed by atoms with van der Waals surface area (Å²) in [6, 6.07) is 8.07. The smallest absolute Gasteiger partial charge is 0.337 e. The average molecular weight is 442 g/mol. The highest BCUT2D eigenvalue weighted by Crippen LogP contribution is 2.12. The summed E-state index contributed by atoms with van der Waals surface area (Å²) in [6.45, 7) is 8.59. The second-order valence-electron chi connectivity index (χ2n) is 6.53. The largest absolute Gasteiger partial charge is 0.478 e. The van der Waals surface area contributed by atoms with Crippen molar-refractivity contribution in [3.63, 3.8) is 0 Å². The van der Waals surface area contributed by atoms with E-state index in [2.05, 4.69) is 10.6 Å². The van der Waals surface area contributed by atoms with Gasteiger partial charge in [0.25, 0.3) is 0 Å². The molecule has 0 atom stereocenters. The van der Waals surface area contributed by atoms with Crippen LogP contribution in [0.5, 0.6) is 0 Å². The lowest BCUT2D eigenvalue weighted by Gasteiger charge is -2.05. The van der Waals surface area contributed by atoms with E-state index in [4.69, 9.17) is 10.8 Å². The molecule has 7 heteroatoms. The highest BCUT2D eigenvalue weighted by atomic mass is 16.4. The molecule has 0 bridgehead atoms. The number of carbonyl (C=O) groups is 2. The maximum absolute atomic E-state index is 11.4. The molecule has 0 aliphatic rings. The Labute approximate surface area is 190 Å². The predicted molar refractivity (Wildman–Crippen MR) is 131 cm³/mol. The van der Waals surface area contributed by atoms with Crippen LogP contribution in [-0.2, 0) is 9.59 Å². The number of aryl methyl sites for hydroxylation is 1. The molecule has 0 radical (unpaired) electrons. The molecule has 6 N–H and O–H groups in total. The molecule has 0 unspecified atom stereocenters. The van der Waals surface area contributed by atoms with Gasteiger partial charge in [-0.05, 0) is 49.2 Å². The first-order chi connectivity index (χ1) is 15.3. The molecule has 0 aliphatic heterocycles. The zero-order valence-electron chi connectivity index (χ0n) is 19.5. The van der Waals surface area contributed by atoms with Crippen LogP contribution in [-0.4, -0.2) is 42.3 Å². The Hall–Kier alpha value is -3.58. The van der Waals surface area contributed by atoms with Gasteiger partial charge in [0.15, 0.2) is 0 Å². The van der Waals surface area contributed by atoms with Gasteiger partial charge in [-0.15, -0.1) is 0 Å². The lowest BCUT2D eigenvalue weighted by atomic mass is 10.1. The molecule has 0 aliphatic carbocycles. The zero-order chi connectivity index (χ0) is 24.5. The lowest BCUT2D eigenvalue weighted by Crippen LogP contribution is -2.13. The zero-order valence-corrected chi connectivity index (χ0v) is 19.5. The monoisotopic (exact) mass is 441 g/mol. The van der Waals surface area contributed by atoms with Gasteiger partial charge in [0.05, 0.1) is 11.1 Å². The summed E-state index contributed by atoms with van der Waals surface area (Å²) in [7, 11) is 1.85. The first-order valence-electron chi connectivity index (χ1n) is 10.4. The fourth-order valence-electron chi connectivity index (χ4n) is 2.58. The highest BCUT2D eigenvalue weighted by molar-refractivity contribution is 5.94. The minimum Gasteiger partial charge on any atom is -0.478 e. The highest BCUT2D eigenvalue weighted by Gasteiger charge is 2.11. The number of carboxylic acid groups (broad SMARTS) is 2. The molecule has 0 amide bonds. The van der Waals surface area contributed by atoms with Crippen molar-refractivity contribution in [3.8, 4) is 0 Å². The predicted octanol–water partition coefficient (Wildman–Crippen LogP) is 3.61. The van der Waals surface area contributed by atoms with Crippen molar-refractivity contribution < 1.29 is 19.8 Å². The van der Waals surface area contributed by atoms with E-state index in [-0.39, 0.29) is 16.7 Å². The third-order valence-corrected chi connectivity index (χ3v) is 4.23. The molecule has 0 saturated carbocycles. The lowest BCUT2D eigenvalue weighted by molar-refractivity contribution is -0.133. The number of nitrogens with one attached hydrogen (secondary N) is 2. The van der Waals surface area contributed by atoms with Crippen molar-refractivity contribution in [2.75, 3.05) is 20.1 Å². The Balaban J connectivity index is 0.00000466. The summed E-state index contributed by atoms with van der Waals surface area (Å²) in [5.41, 5.74) is 8.66. The van der Waals surface area contributed by atoms with E-state index in [1.807, 2.05) is 70.3 Å². The van der Waals surface area contributed by atoms with E-state index in [0.717, 1.165) is 17.3 Å². The maximum Gasteiger partial charge on any atom is 0.337 e. The Kier molecular flexibility index (Phi) is 14.3. The van der Waals surface area contributed by atoms with Gasteiger partial charge in [0.1, 0.15) is 0 Å². The van der Waals surface area contributed by atoms with Crippen molar-refractivity contribution in [2.45, 2.75) is 27.7 Å². The molecule has 0 fully saturated rings. The van der Waals surface area contributed by atoms with Gasteiger partial charge in [-0.25, -0.2) is 9.59 Å². The van der Waals surface area contributed by atoms with E-state index in [0.29, 0.717) is 13.1 Å². The quantitative estimate of drug-likeness (QED) is 0.202. The maximum atomic E-state index is 11.4. The summed E-state index contributed by atoms with van der Waals surface area (Å²) in [4.78, 5) is 22.6. The summed E-state index contributed by atoms with van der Waals surface area (Å²) in [6.07, 6.45) is 9.53. The molecule has 1 rings (SSSR count). The molecule has 174 valence electrons. The van der Waals surface area contributed by atoms with Crippen molar-refractivity contribution in [1.29, 1.82) is 0 Å². The van der Waals surface area contributed by atoms with Crippen molar-refractivity contribution >= 4 is 18.0 Å². The van der Waals surface area contributed by atoms with Crippen LogP contribution in [0.15, 0.2) is 77.2 Å². The Morgan fingerprint density at radius 3 is 2.31 bits per heavy atom. The van der Waals surface area contributed by atoms with Gasteiger partial charge in [0, 0.05) is 25.5 Å². The summed E-state index contributed by atoms with van der Waals surface area (Å²) < 4.78 is 0. The average Bonchev–Trinajstić information content (AvgIpc) is 2.76. The number of nitrogens with two attached hydrogens (primary N) is 1. The van der Waals surface area contributed by atoms with Crippen LogP contribution in [0.1, 0.15) is 31.9 Å². The molecule has 32 heavy (non-hydrogen) atoms. The van der Waals surface area contributed by atoms with Crippen molar-refractivity contribution in [2.24, 2.45) is 5.73 Å². The molecule has 1 aromatic carbocycles. The molecule has 0 spiro atoms. The third-order valence-electron chi connectivity index (χ3n) is 4.23. The van der Waals surface area contributed by atoms with Crippen LogP contribution in [0.25, 0.3) is 6.08 Å². The summed E-state index contributed by atoms with van der Waals surface area (Å²) >= 11 is 0. The molecule has 0 aromatic heterocycles. The normalized spacial score (nSPS) is 12.9. The Morgan fingerprint density at radius 2 is 1.78 bits per heavy atom. The Bertz CT molecular complexity index is 910. The van der Waals surface area contributed by atoms with Crippen LogP contribution in [0.2, 0.25) is 0 Å². The second kappa shape index (κ2) is 16.2. The fraction of sp³-hybridized carbons (Fsp3) is 0.280. The van der Waals surface area contributed by atoms with E-state index in [9.17, 15) is 14.7 Å². The molecule has 7 nitrogen and oxygen atoms in total. The molecule has 0 saturated heterocycles. The second-order valence-corrected chi connectivity index (χ2v) is 6.53. The van der Waals surface area contributed by atoms with E-state index >= 15 is 0 Å². The van der Waals surface area contributed by atoms with Crippen LogP contribution >= 0.6 is 0 Å². The third kappa shape index (κ3) is 10.4. The Morgan fingerprint density at radius 1 is 1.12 bits per heavy atom. The van der Waals surface area contributed by atoms with E-state index in [1.54, 1.807) is 0 Å². The topological polar surface area (TPSA) is 125 Å². The molecular weight excluding hydrogens is 406 g/mol. The molecule has 0 heterocycles. The van der Waals surface area contributed by atoms with E-state index in [1.165, 1.54) is 24.8 Å². The number of hydrogen-bond acceptors (Lipinski definition) is 5. The first kappa shape index (κ1) is 28.4. The standard InChI is InChI=1S/C23H29N3O4.C2H6/c1-16-6-4-5-7-19(16)9-8-18(14-25-3)10-11-26-15-20(22(27)28)12-17(2)21(13-24)23(29)30;1-2/h4-10,12-13,15,25-26H,11,14,24H2,1-3H3,(H,27,28)(H,29,30);1-2H3/b9-8+,17-12+,18-10-,20-15+,21-13+;.